The molecular formula is C20H24N2O4. The molecule has 0 fully saturated rings. The van der Waals surface area contributed by atoms with Crippen LogP contribution in [0.2, 0.25) is 0 Å². The van der Waals surface area contributed by atoms with E-state index in [4.69, 9.17) is 9.47 Å². The molecule has 2 rings (SSSR count). The molecule has 0 aliphatic heterocycles. The van der Waals surface area contributed by atoms with Crippen LogP contribution in [0.3, 0.4) is 0 Å². The number of hydrogen-bond donors (Lipinski definition) is 2. The van der Waals surface area contributed by atoms with Crippen molar-refractivity contribution in [1.29, 1.82) is 0 Å². The van der Waals surface area contributed by atoms with Crippen molar-refractivity contribution < 1.29 is 19.1 Å². The van der Waals surface area contributed by atoms with Gasteiger partial charge in [0.2, 0.25) is 11.8 Å². The minimum atomic E-state index is -0.253. The van der Waals surface area contributed by atoms with Crippen LogP contribution in [0.5, 0.6) is 11.5 Å². The van der Waals surface area contributed by atoms with Gasteiger partial charge in [0.15, 0.2) is 11.5 Å². The maximum Gasteiger partial charge on any atom is 0.239 e. The maximum atomic E-state index is 11.9. The van der Waals surface area contributed by atoms with Crippen molar-refractivity contribution in [2.24, 2.45) is 0 Å². The maximum absolute atomic E-state index is 11.9. The van der Waals surface area contributed by atoms with Crippen molar-refractivity contribution in [3.8, 4) is 11.5 Å². The van der Waals surface area contributed by atoms with Crippen LogP contribution < -0.4 is 20.1 Å². The summed E-state index contributed by atoms with van der Waals surface area (Å²) in [5.41, 5.74) is 2.93. The molecule has 0 atom stereocenters. The number of carbonyl (C=O) groups excluding carboxylic acids is 2. The van der Waals surface area contributed by atoms with E-state index < -0.39 is 0 Å². The molecule has 0 radical (unpaired) electrons. The Morgan fingerprint density at radius 3 is 2.15 bits per heavy atom. The Balaban J connectivity index is 1.76. The Kier molecular flexibility index (Phi) is 7.02. The van der Waals surface area contributed by atoms with Gasteiger partial charge in [-0.15, -0.1) is 0 Å². The Morgan fingerprint density at radius 2 is 1.50 bits per heavy atom. The number of benzene rings is 2. The lowest BCUT2D eigenvalue weighted by atomic mass is 10.1. The van der Waals surface area contributed by atoms with Crippen molar-refractivity contribution in [2.45, 2.75) is 19.9 Å². The van der Waals surface area contributed by atoms with Gasteiger partial charge in [-0.2, -0.15) is 0 Å². The van der Waals surface area contributed by atoms with E-state index in [2.05, 4.69) is 10.6 Å². The second-order valence-electron chi connectivity index (χ2n) is 5.91. The van der Waals surface area contributed by atoms with E-state index in [1.165, 1.54) is 0 Å². The van der Waals surface area contributed by atoms with Crippen LogP contribution in [0.1, 0.15) is 16.7 Å². The van der Waals surface area contributed by atoms with Gasteiger partial charge in [0.1, 0.15) is 0 Å². The first-order valence-electron chi connectivity index (χ1n) is 8.31. The predicted molar refractivity (Wildman–Crippen MR) is 99.3 cm³/mol. The van der Waals surface area contributed by atoms with Crippen molar-refractivity contribution in [3.05, 3.63) is 59.2 Å². The standard InChI is InChI=1S/C20H24N2O4/c1-14-4-6-15(7-5-14)11-19(23)22-13-20(24)21-12-16-8-9-17(25-2)18(10-16)26-3/h4-10H,11-13H2,1-3H3,(H,21,24)(H,22,23). The number of methoxy groups -OCH3 is 2. The lowest BCUT2D eigenvalue weighted by Gasteiger charge is -2.11. The van der Waals surface area contributed by atoms with E-state index in [0.717, 1.165) is 16.7 Å². The largest absolute Gasteiger partial charge is 0.493 e. The number of carbonyl (C=O) groups is 2. The van der Waals surface area contributed by atoms with Crippen LogP contribution in [0.15, 0.2) is 42.5 Å². The van der Waals surface area contributed by atoms with Crippen LogP contribution in [-0.4, -0.2) is 32.6 Å². The highest BCUT2D eigenvalue weighted by atomic mass is 16.5. The van der Waals surface area contributed by atoms with Crippen molar-refractivity contribution >= 4 is 11.8 Å². The molecule has 0 unspecified atom stereocenters. The topological polar surface area (TPSA) is 76.7 Å². The molecule has 26 heavy (non-hydrogen) atoms. The third-order valence-corrected chi connectivity index (χ3v) is 3.87. The van der Waals surface area contributed by atoms with E-state index in [1.807, 2.05) is 37.3 Å². The zero-order chi connectivity index (χ0) is 18.9. The van der Waals surface area contributed by atoms with Crippen molar-refractivity contribution in [1.82, 2.24) is 10.6 Å². The SMILES string of the molecule is COc1ccc(CNC(=O)CNC(=O)Cc2ccc(C)cc2)cc1OC. The molecule has 6 heteroatoms. The highest BCUT2D eigenvalue weighted by molar-refractivity contribution is 5.85. The van der Waals surface area contributed by atoms with Crippen LogP contribution in [0.4, 0.5) is 0 Å². The number of rotatable bonds is 8. The minimum absolute atomic E-state index is 0.0576. The van der Waals surface area contributed by atoms with Crippen molar-refractivity contribution in [2.75, 3.05) is 20.8 Å². The van der Waals surface area contributed by atoms with E-state index in [9.17, 15) is 9.59 Å². The van der Waals surface area contributed by atoms with Crippen LogP contribution in [0, 0.1) is 6.92 Å². The Hall–Kier alpha value is -3.02. The molecular weight excluding hydrogens is 332 g/mol. The van der Waals surface area contributed by atoms with Gasteiger partial charge in [-0.3, -0.25) is 9.59 Å². The average molecular weight is 356 g/mol. The zero-order valence-electron chi connectivity index (χ0n) is 15.3. The Bertz CT molecular complexity index is 757. The molecule has 0 saturated heterocycles. The fraction of sp³-hybridized carbons (Fsp3) is 0.300. The lowest BCUT2D eigenvalue weighted by Crippen LogP contribution is -2.37. The Labute approximate surface area is 153 Å². The summed E-state index contributed by atoms with van der Waals surface area (Å²) in [6, 6.07) is 13.2. The molecule has 2 aromatic rings. The summed E-state index contributed by atoms with van der Waals surface area (Å²) >= 11 is 0. The summed E-state index contributed by atoms with van der Waals surface area (Å²) in [6.07, 6.45) is 0.253. The molecule has 0 saturated carbocycles. The molecule has 0 aliphatic carbocycles. The first-order valence-corrected chi connectivity index (χ1v) is 8.31. The molecule has 0 aromatic heterocycles. The van der Waals surface area contributed by atoms with Gasteiger partial charge in [-0.25, -0.2) is 0 Å². The number of aryl methyl sites for hydroxylation is 1. The first kappa shape index (κ1) is 19.3. The fourth-order valence-electron chi connectivity index (χ4n) is 2.39. The van der Waals surface area contributed by atoms with Gasteiger partial charge in [0, 0.05) is 6.54 Å². The second kappa shape index (κ2) is 9.46. The highest BCUT2D eigenvalue weighted by Gasteiger charge is 2.08. The third kappa shape index (κ3) is 5.81. The van der Waals surface area contributed by atoms with Crippen LogP contribution in [-0.2, 0) is 22.6 Å². The van der Waals surface area contributed by atoms with E-state index in [0.29, 0.717) is 18.0 Å². The van der Waals surface area contributed by atoms with Crippen LogP contribution >= 0.6 is 0 Å². The Morgan fingerprint density at radius 1 is 0.846 bits per heavy atom. The molecule has 138 valence electrons. The summed E-state index contributed by atoms with van der Waals surface area (Å²) in [4.78, 5) is 23.8. The molecule has 2 N–H and O–H groups in total. The van der Waals surface area contributed by atoms with Gasteiger partial charge in [0.25, 0.3) is 0 Å². The average Bonchev–Trinajstić information content (AvgIpc) is 2.66. The number of hydrogen-bond acceptors (Lipinski definition) is 4. The lowest BCUT2D eigenvalue weighted by molar-refractivity contribution is -0.125. The summed E-state index contributed by atoms with van der Waals surface area (Å²) in [5.74, 6) is 0.795. The smallest absolute Gasteiger partial charge is 0.239 e. The van der Waals surface area contributed by atoms with Gasteiger partial charge in [0.05, 0.1) is 27.2 Å². The molecule has 2 amide bonds. The van der Waals surface area contributed by atoms with E-state index in [-0.39, 0.29) is 24.8 Å². The monoisotopic (exact) mass is 356 g/mol. The van der Waals surface area contributed by atoms with E-state index >= 15 is 0 Å². The fourth-order valence-corrected chi connectivity index (χ4v) is 2.39. The second-order valence-corrected chi connectivity index (χ2v) is 5.91. The van der Waals surface area contributed by atoms with Gasteiger partial charge in [-0.1, -0.05) is 35.9 Å². The summed E-state index contributed by atoms with van der Waals surface area (Å²) in [5, 5.41) is 5.39. The summed E-state index contributed by atoms with van der Waals surface area (Å²) in [7, 11) is 3.13. The number of amides is 2. The van der Waals surface area contributed by atoms with Gasteiger partial charge < -0.3 is 20.1 Å². The van der Waals surface area contributed by atoms with Crippen LogP contribution in [0.25, 0.3) is 0 Å². The summed E-state index contributed by atoms with van der Waals surface area (Å²) < 4.78 is 10.4. The first-order chi connectivity index (χ1) is 12.5. The third-order valence-electron chi connectivity index (χ3n) is 3.87. The van der Waals surface area contributed by atoms with Gasteiger partial charge in [-0.05, 0) is 30.2 Å². The molecule has 0 heterocycles. The molecule has 2 aromatic carbocycles. The quantitative estimate of drug-likeness (QED) is 0.758. The zero-order valence-corrected chi connectivity index (χ0v) is 15.3. The molecule has 0 spiro atoms. The normalized spacial score (nSPS) is 10.1. The highest BCUT2D eigenvalue weighted by Crippen LogP contribution is 2.27. The summed E-state index contributed by atoms with van der Waals surface area (Å²) in [6.45, 7) is 2.28. The molecule has 0 bridgehead atoms. The number of ether oxygens (including phenoxy) is 2. The minimum Gasteiger partial charge on any atom is -0.493 e. The molecule has 0 aliphatic rings. The van der Waals surface area contributed by atoms with Crippen molar-refractivity contribution in [3.63, 3.8) is 0 Å². The van der Waals surface area contributed by atoms with Gasteiger partial charge >= 0.3 is 0 Å². The number of nitrogens with one attached hydrogen (secondary N) is 2. The molecule has 6 nitrogen and oxygen atoms in total. The predicted octanol–water partition coefficient (Wildman–Crippen LogP) is 1.99. The van der Waals surface area contributed by atoms with E-state index in [1.54, 1.807) is 26.4 Å².